The lowest BCUT2D eigenvalue weighted by Crippen LogP contribution is -1.82. The summed E-state index contributed by atoms with van der Waals surface area (Å²) in [6, 6.07) is 0. The Bertz CT molecular complexity index is 207. The van der Waals surface area contributed by atoms with E-state index >= 15 is 0 Å². The molecule has 0 heterocycles. The minimum atomic E-state index is 0.280. The molecular formula is C7H8N2S. The zero-order valence-electron chi connectivity index (χ0n) is 5.48. The van der Waals surface area contributed by atoms with Crippen LogP contribution in [0.5, 0.6) is 0 Å². The fraction of sp³-hybridized carbons (Fsp3) is 0.429. The van der Waals surface area contributed by atoms with Crippen molar-refractivity contribution in [3.63, 3.8) is 0 Å². The van der Waals surface area contributed by atoms with Crippen molar-refractivity contribution in [3.8, 4) is 11.8 Å². The Morgan fingerprint density at radius 3 is 2.80 bits per heavy atom. The molecule has 0 aliphatic heterocycles. The molecule has 1 fully saturated rings. The smallest absolute Gasteiger partial charge is 0.144 e. The first-order valence-electron chi connectivity index (χ1n) is 3.08. The Labute approximate surface area is 64.4 Å². The van der Waals surface area contributed by atoms with Crippen molar-refractivity contribution in [1.82, 2.24) is 0 Å². The molecule has 0 unspecified atom stereocenters. The third-order valence-electron chi connectivity index (χ3n) is 1.14. The van der Waals surface area contributed by atoms with Gasteiger partial charge >= 0.3 is 0 Å². The average Bonchev–Trinajstić information content (AvgIpc) is 2.67. The van der Waals surface area contributed by atoms with Crippen LogP contribution in [-0.4, -0.2) is 10.6 Å². The molecule has 0 bridgehead atoms. The number of nitrogens with one attached hydrogen (secondary N) is 2. The summed E-state index contributed by atoms with van der Waals surface area (Å²) in [6.07, 6.45) is 2.38. The topological polar surface area (TPSA) is 47.7 Å². The van der Waals surface area contributed by atoms with Gasteiger partial charge in [-0.25, -0.2) is 0 Å². The minimum Gasteiger partial charge on any atom is -0.301 e. The first kappa shape index (κ1) is 7.36. The molecule has 0 radical (unpaired) electrons. The first-order valence-corrected chi connectivity index (χ1v) is 3.96. The van der Waals surface area contributed by atoms with Crippen LogP contribution in [-0.2, 0) is 0 Å². The predicted octanol–water partition coefficient (Wildman–Crippen LogP) is 1.72. The quantitative estimate of drug-likeness (QED) is 0.335. The van der Waals surface area contributed by atoms with Gasteiger partial charge in [0.1, 0.15) is 5.04 Å². The van der Waals surface area contributed by atoms with Crippen LogP contribution < -0.4 is 0 Å². The molecule has 0 atom stereocenters. The molecule has 52 valence electrons. The molecule has 0 saturated heterocycles. The van der Waals surface area contributed by atoms with Crippen LogP contribution in [0, 0.1) is 28.6 Å². The summed E-state index contributed by atoms with van der Waals surface area (Å²) in [4.78, 5) is 0. The van der Waals surface area contributed by atoms with Crippen molar-refractivity contribution < 1.29 is 0 Å². The van der Waals surface area contributed by atoms with Crippen molar-refractivity contribution in [2.75, 3.05) is 0 Å². The summed E-state index contributed by atoms with van der Waals surface area (Å²) >= 11 is 1.05. The van der Waals surface area contributed by atoms with Crippen molar-refractivity contribution >= 4 is 22.4 Å². The highest BCUT2D eigenvalue weighted by Gasteiger charge is 2.17. The second-order valence-electron chi connectivity index (χ2n) is 2.11. The molecule has 2 N–H and O–H groups in total. The van der Waals surface area contributed by atoms with Gasteiger partial charge in [0.15, 0.2) is 0 Å². The zero-order chi connectivity index (χ0) is 7.40. The van der Waals surface area contributed by atoms with E-state index in [0.717, 1.165) is 17.3 Å². The summed E-state index contributed by atoms with van der Waals surface area (Å²) in [5.41, 5.74) is 1.13. The molecule has 1 aliphatic carbocycles. The Morgan fingerprint density at radius 1 is 1.60 bits per heavy atom. The van der Waals surface area contributed by atoms with Crippen LogP contribution in [0.3, 0.4) is 0 Å². The lowest BCUT2D eigenvalue weighted by Gasteiger charge is -1.81. The van der Waals surface area contributed by atoms with E-state index < -0.39 is 0 Å². The third-order valence-corrected chi connectivity index (χ3v) is 1.60. The van der Waals surface area contributed by atoms with Gasteiger partial charge in [0.05, 0.1) is 5.55 Å². The second kappa shape index (κ2) is 3.43. The van der Waals surface area contributed by atoms with Gasteiger partial charge in [-0.1, -0.05) is 17.7 Å². The van der Waals surface area contributed by atoms with E-state index in [1.807, 2.05) is 0 Å². The Morgan fingerprint density at radius 2 is 2.30 bits per heavy atom. The Balaban J connectivity index is 2.29. The highest BCUT2D eigenvalue weighted by atomic mass is 32.2. The molecule has 2 nitrogen and oxygen atoms in total. The fourth-order valence-corrected chi connectivity index (χ4v) is 0.719. The van der Waals surface area contributed by atoms with Gasteiger partial charge in [0.2, 0.25) is 0 Å². The highest BCUT2D eigenvalue weighted by molar-refractivity contribution is 8.25. The van der Waals surface area contributed by atoms with Crippen LogP contribution in [0.15, 0.2) is 0 Å². The molecule has 0 amide bonds. The van der Waals surface area contributed by atoms with E-state index in [9.17, 15) is 0 Å². The van der Waals surface area contributed by atoms with Gasteiger partial charge in [0.25, 0.3) is 0 Å². The monoisotopic (exact) mass is 152 g/mol. The predicted molar refractivity (Wildman–Crippen MR) is 44.6 cm³/mol. The Kier molecular flexibility index (Phi) is 2.52. The summed E-state index contributed by atoms with van der Waals surface area (Å²) in [7, 11) is 0. The summed E-state index contributed by atoms with van der Waals surface area (Å²) in [5, 5.41) is 14.1. The minimum absolute atomic E-state index is 0.280. The van der Waals surface area contributed by atoms with E-state index in [-0.39, 0.29) is 5.04 Å². The van der Waals surface area contributed by atoms with Crippen molar-refractivity contribution in [2.24, 2.45) is 5.92 Å². The molecule has 0 spiro atoms. The average molecular weight is 152 g/mol. The Hall–Kier alpha value is -0.750. The molecule has 1 aliphatic rings. The van der Waals surface area contributed by atoms with E-state index in [2.05, 4.69) is 11.8 Å². The van der Waals surface area contributed by atoms with E-state index in [1.54, 1.807) is 0 Å². The lowest BCUT2D eigenvalue weighted by molar-refractivity contribution is 1.18. The van der Waals surface area contributed by atoms with Gasteiger partial charge in [0, 0.05) is 5.92 Å². The largest absolute Gasteiger partial charge is 0.301 e. The van der Waals surface area contributed by atoms with Gasteiger partial charge in [-0.3, -0.25) is 5.41 Å². The van der Waals surface area contributed by atoms with Gasteiger partial charge in [-0.05, 0) is 18.8 Å². The SMILES string of the molecule is N=CSC(=N)C#CC1CC1. The zero-order valence-corrected chi connectivity index (χ0v) is 6.29. The number of hydrogen-bond donors (Lipinski definition) is 2. The summed E-state index contributed by atoms with van der Waals surface area (Å²) in [5.74, 6) is 6.18. The number of hydrogen-bond acceptors (Lipinski definition) is 3. The number of rotatable bonds is 1. The normalized spacial score (nSPS) is 15.2. The van der Waals surface area contributed by atoms with Crippen LogP contribution >= 0.6 is 11.8 Å². The molecule has 0 aromatic heterocycles. The lowest BCUT2D eigenvalue weighted by atomic mass is 10.4. The molecule has 1 rings (SSSR count). The maximum absolute atomic E-state index is 7.15. The van der Waals surface area contributed by atoms with Crippen LogP contribution in [0.1, 0.15) is 12.8 Å². The van der Waals surface area contributed by atoms with E-state index in [1.165, 1.54) is 12.8 Å². The van der Waals surface area contributed by atoms with E-state index in [4.69, 9.17) is 10.8 Å². The van der Waals surface area contributed by atoms with Crippen molar-refractivity contribution in [2.45, 2.75) is 12.8 Å². The molecule has 1 saturated carbocycles. The first-order chi connectivity index (χ1) is 4.83. The number of thioether (sulfide) groups is 1. The fourth-order valence-electron chi connectivity index (χ4n) is 0.484. The van der Waals surface area contributed by atoms with Crippen molar-refractivity contribution in [1.29, 1.82) is 10.8 Å². The third kappa shape index (κ3) is 2.70. The summed E-state index contributed by atoms with van der Waals surface area (Å²) in [6.45, 7) is 0. The highest BCUT2D eigenvalue weighted by Crippen LogP contribution is 2.27. The van der Waals surface area contributed by atoms with Gasteiger partial charge < -0.3 is 5.41 Å². The second-order valence-corrected chi connectivity index (χ2v) is 2.99. The molecule has 0 aromatic rings. The standard InChI is InChI=1S/C7H8N2S/c8-5-10-7(9)4-3-6-1-2-6/h5-6,8-9H,1-2H2. The maximum atomic E-state index is 7.15. The molecular weight excluding hydrogens is 144 g/mol. The van der Waals surface area contributed by atoms with Crippen LogP contribution in [0.25, 0.3) is 0 Å². The van der Waals surface area contributed by atoms with Crippen molar-refractivity contribution in [3.05, 3.63) is 0 Å². The molecule has 0 aromatic carbocycles. The molecule has 10 heavy (non-hydrogen) atoms. The molecule has 3 heteroatoms. The van der Waals surface area contributed by atoms with E-state index in [0.29, 0.717) is 5.92 Å². The van der Waals surface area contributed by atoms with Crippen LogP contribution in [0.4, 0.5) is 0 Å². The van der Waals surface area contributed by atoms with Crippen LogP contribution in [0.2, 0.25) is 0 Å². The van der Waals surface area contributed by atoms with Gasteiger partial charge in [-0.15, -0.1) is 0 Å². The van der Waals surface area contributed by atoms with Gasteiger partial charge in [-0.2, -0.15) is 0 Å². The summed E-state index contributed by atoms with van der Waals surface area (Å²) < 4.78 is 0. The maximum Gasteiger partial charge on any atom is 0.144 e.